The summed E-state index contributed by atoms with van der Waals surface area (Å²) in [5.74, 6) is -3.16. The third-order valence-corrected chi connectivity index (χ3v) is 3.65. The lowest BCUT2D eigenvalue weighted by molar-refractivity contribution is -0.246. The Morgan fingerprint density at radius 1 is 1.36 bits per heavy atom. The molecule has 0 radical (unpaired) electrons. The number of H-pyrrole nitrogens is 1. The van der Waals surface area contributed by atoms with Crippen molar-refractivity contribution >= 4 is 16.9 Å². The molecule has 1 aromatic carbocycles. The number of fused-ring (bicyclic) bond motifs is 1. The summed E-state index contributed by atoms with van der Waals surface area (Å²) in [6, 6.07) is 7.11. The Bertz CT molecular complexity index is 699. The van der Waals surface area contributed by atoms with Crippen LogP contribution in [0, 0.1) is 0 Å². The second kappa shape index (κ2) is 5.34. The molecule has 0 bridgehead atoms. The van der Waals surface area contributed by atoms with Crippen molar-refractivity contribution in [2.75, 3.05) is 6.61 Å². The molecule has 4 unspecified atom stereocenters. The summed E-state index contributed by atoms with van der Waals surface area (Å²) in [5.41, 5.74) is 0.755. The van der Waals surface area contributed by atoms with Crippen LogP contribution in [0.5, 0.6) is 5.75 Å². The molecule has 0 amide bonds. The summed E-state index contributed by atoms with van der Waals surface area (Å²) in [7, 11) is 0. The standard InChI is InChI=1S/C14H15NO7/c16-6-14(20)12(18)10(17)11(22-14)13(19)21-9-5-15-8-4-2-1-3-7(8)9/h1-5,10-12,15-18,20H,6H2. The summed E-state index contributed by atoms with van der Waals surface area (Å²) in [6.07, 6.45) is -3.67. The molecule has 2 aromatic rings. The van der Waals surface area contributed by atoms with E-state index in [0.717, 1.165) is 5.52 Å². The monoisotopic (exact) mass is 309 g/mol. The first kappa shape index (κ1) is 14.9. The van der Waals surface area contributed by atoms with Crippen molar-refractivity contribution in [3.8, 4) is 5.75 Å². The van der Waals surface area contributed by atoms with E-state index in [2.05, 4.69) is 4.98 Å². The Morgan fingerprint density at radius 3 is 2.77 bits per heavy atom. The molecule has 3 rings (SSSR count). The highest BCUT2D eigenvalue weighted by Crippen LogP contribution is 2.31. The number of aromatic nitrogens is 1. The first-order chi connectivity index (χ1) is 10.5. The summed E-state index contributed by atoms with van der Waals surface area (Å²) < 4.78 is 10.0. The van der Waals surface area contributed by atoms with Gasteiger partial charge in [0, 0.05) is 17.1 Å². The van der Waals surface area contributed by atoms with Crippen molar-refractivity contribution in [1.82, 2.24) is 4.98 Å². The van der Waals surface area contributed by atoms with Gasteiger partial charge < -0.3 is 34.9 Å². The molecule has 8 heteroatoms. The molecule has 0 aliphatic carbocycles. The molecule has 22 heavy (non-hydrogen) atoms. The minimum Gasteiger partial charge on any atom is -0.422 e. The van der Waals surface area contributed by atoms with Crippen LogP contribution in [0.2, 0.25) is 0 Å². The maximum Gasteiger partial charge on any atom is 0.343 e. The molecule has 1 fully saturated rings. The molecule has 8 nitrogen and oxygen atoms in total. The van der Waals surface area contributed by atoms with Gasteiger partial charge in [0.2, 0.25) is 5.79 Å². The molecular weight excluding hydrogens is 294 g/mol. The van der Waals surface area contributed by atoms with E-state index in [1.165, 1.54) is 6.20 Å². The van der Waals surface area contributed by atoms with E-state index in [1.54, 1.807) is 18.2 Å². The van der Waals surface area contributed by atoms with Gasteiger partial charge in [-0.25, -0.2) is 4.79 Å². The van der Waals surface area contributed by atoms with Crippen molar-refractivity contribution in [3.05, 3.63) is 30.5 Å². The molecule has 118 valence electrons. The van der Waals surface area contributed by atoms with E-state index >= 15 is 0 Å². The van der Waals surface area contributed by atoms with Gasteiger partial charge in [-0.15, -0.1) is 0 Å². The number of aromatic amines is 1. The summed E-state index contributed by atoms with van der Waals surface area (Å²) in [5, 5.41) is 38.8. The van der Waals surface area contributed by atoms with Crippen molar-refractivity contribution in [2.24, 2.45) is 0 Å². The Hall–Kier alpha value is -1.97. The smallest absolute Gasteiger partial charge is 0.343 e. The lowest BCUT2D eigenvalue weighted by Gasteiger charge is -2.22. The number of rotatable bonds is 3. The maximum absolute atomic E-state index is 12.1. The third-order valence-electron chi connectivity index (χ3n) is 3.65. The zero-order chi connectivity index (χ0) is 15.9. The fourth-order valence-corrected chi connectivity index (χ4v) is 2.41. The quantitative estimate of drug-likeness (QED) is 0.453. The van der Waals surface area contributed by atoms with Crippen LogP contribution < -0.4 is 4.74 Å². The highest BCUT2D eigenvalue weighted by Gasteiger charge is 2.56. The van der Waals surface area contributed by atoms with Gasteiger partial charge in [-0.3, -0.25) is 0 Å². The zero-order valence-corrected chi connectivity index (χ0v) is 11.3. The van der Waals surface area contributed by atoms with Crippen molar-refractivity contribution < 1.29 is 34.7 Å². The van der Waals surface area contributed by atoms with Crippen LogP contribution in [-0.2, 0) is 9.53 Å². The van der Waals surface area contributed by atoms with E-state index in [-0.39, 0.29) is 5.75 Å². The highest BCUT2D eigenvalue weighted by atomic mass is 16.7. The molecule has 2 heterocycles. The predicted molar refractivity (Wildman–Crippen MR) is 72.9 cm³/mol. The zero-order valence-electron chi connectivity index (χ0n) is 11.3. The second-order valence-corrected chi connectivity index (χ2v) is 5.10. The van der Waals surface area contributed by atoms with Gasteiger partial charge in [0.25, 0.3) is 0 Å². The third kappa shape index (κ3) is 2.27. The van der Waals surface area contributed by atoms with Gasteiger partial charge in [0.15, 0.2) is 11.9 Å². The van der Waals surface area contributed by atoms with Crippen LogP contribution >= 0.6 is 0 Å². The number of nitrogens with one attached hydrogen (secondary N) is 1. The Balaban J connectivity index is 1.80. The molecule has 1 aromatic heterocycles. The Morgan fingerprint density at radius 2 is 2.09 bits per heavy atom. The number of esters is 1. The van der Waals surface area contributed by atoms with E-state index in [9.17, 15) is 20.1 Å². The maximum atomic E-state index is 12.1. The average molecular weight is 309 g/mol. The highest BCUT2D eigenvalue weighted by molar-refractivity contribution is 5.89. The fourth-order valence-electron chi connectivity index (χ4n) is 2.41. The van der Waals surface area contributed by atoms with Crippen LogP contribution in [0.3, 0.4) is 0 Å². The summed E-state index contributed by atoms with van der Waals surface area (Å²) in [4.78, 5) is 15.0. The van der Waals surface area contributed by atoms with E-state index in [1.807, 2.05) is 6.07 Å². The van der Waals surface area contributed by atoms with Gasteiger partial charge in [0.1, 0.15) is 12.2 Å². The molecular formula is C14H15NO7. The molecule has 1 saturated heterocycles. The number of carbonyl (C=O) groups is 1. The minimum atomic E-state index is -2.40. The Kier molecular flexibility index (Phi) is 3.63. The molecule has 4 atom stereocenters. The molecule has 0 saturated carbocycles. The first-order valence-electron chi connectivity index (χ1n) is 6.61. The lowest BCUT2D eigenvalue weighted by atomic mass is 10.1. The number of ether oxygens (including phenoxy) is 2. The normalized spacial score (nSPS) is 31.5. The van der Waals surface area contributed by atoms with Gasteiger partial charge in [-0.2, -0.15) is 0 Å². The van der Waals surface area contributed by atoms with Gasteiger partial charge >= 0.3 is 5.97 Å². The number of aliphatic hydroxyl groups is 4. The molecule has 5 N–H and O–H groups in total. The average Bonchev–Trinajstić information content (AvgIpc) is 3.03. The number of benzene rings is 1. The molecule has 1 aliphatic rings. The number of aliphatic hydroxyl groups excluding tert-OH is 3. The van der Waals surface area contributed by atoms with Crippen LogP contribution in [-0.4, -0.2) is 62.1 Å². The number of hydrogen-bond acceptors (Lipinski definition) is 7. The number of hydrogen-bond donors (Lipinski definition) is 5. The van der Waals surface area contributed by atoms with Crippen molar-refractivity contribution in [3.63, 3.8) is 0 Å². The van der Waals surface area contributed by atoms with Crippen LogP contribution in [0.1, 0.15) is 0 Å². The van der Waals surface area contributed by atoms with Crippen molar-refractivity contribution in [1.29, 1.82) is 0 Å². The van der Waals surface area contributed by atoms with E-state index in [4.69, 9.17) is 14.6 Å². The second-order valence-electron chi connectivity index (χ2n) is 5.10. The van der Waals surface area contributed by atoms with Gasteiger partial charge in [-0.1, -0.05) is 12.1 Å². The van der Waals surface area contributed by atoms with Gasteiger partial charge in [0.05, 0.1) is 6.61 Å². The summed E-state index contributed by atoms with van der Waals surface area (Å²) >= 11 is 0. The molecule has 0 spiro atoms. The predicted octanol–water partition coefficient (Wildman–Crippen LogP) is -1.13. The number of para-hydroxylation sites is 1. The lowest BCUT2D eigenvalue weighted by Crippen LogP contribution is -2.46. The fraction of sp³-hybridized carbons (Fsp3) is 0.357. The topological polar surface area (TPSA) is 132 Å². The van der Waals surface area contributed by atoms with E-state index in [0.29, 0.717) is 5.39 Å². The van der Waals surface area contributed by atoms with Crippen molar-refractivity contribution in [2.45, 2.75) is 24.1 Å². The minimum absolute atomic E-state index is 0.227. The van der Waals surface area contributed by atoms with Crippen LogP contribution in [0.25, 0.3) is 10.9 Å². The van der Waals surface area contributed by atoms with E-state index < -0.39 is 36.7 Å². The van der Waals surface area contributed by atoms with Crippen LogP contribution in [0.4, 0.5) is 0 Å². The van der Waals surface area contributed by atoms with Gasteiger partial charge in [-0.05, 0) is 12.1 Å². The van der Waals surface area contributed by atoms with Crippen LogP contribution in [0.15, 0.2) is 30.5 Å². The number of carbonyl (C=O) groups excluding carboxylic acids is 1. The summed E-state index contributed by atoms with van der Waals surface area (Å²) in [6.45, 7) is -0.970. The first-order valence-corrected chi connectivity index (χ1v) is 6.61. The SMILES string of the molecule is O=C(Oc1c[nH]c2ccccc12)C1OC(O)(CO)C(O)C1O. The molecule has 1 aliphatic heterocycles. The largest absolute Gasteiger partial charge is 0.422 e. The Labute approximate surface area is 124 Å².